The molecule has 1 atom stereocenters. The summed E-state index contributed by atoms with van der Waals surface area (Å²) in [5.41, 5.74) is 3.74. The Balaban J connectivity index is 2.92. The van der Waals surface area contributed by atoms with E-state index in [2.05, 4.69) is 12.3 Å². The SMILES string of the molecule is CCCCNN(C(=O)[C@H](CCCC)C(=O)O)c1ccccc1. The molecular formula is C17H26N2O3. The Hall–Kier alpha value is -1.88. The smallest absolute Gasteiger partial charge is 0.316 e. The van der Waals surface area contributed by atoms with Crippen LogP contribution in [0.5, 0.6) is 0 Å². The second kappa shape index (κ2) is 9.95. The maximum absolute atomic E-state index is 12.7. The van der Waals surface area contributed by atoms with E-state index in [4.69, 9.17) is 0 Å². The van der Waals surface area contributed by atoms with Gasteiger partial charge in [0.25, 0.3) is 5.91 Å². The van der Waals surface area contributed by atoms with E-state index in [9.17, 15) is 14.7 Å². The van der Waals surface area contributed by atoms with Crippen LogP contribution in [0, 0.1) is 5.92 Å². The Labute approximate surface area is 132 Å². The molecule has 0 aromatic heterocycles. The number of para-hydroxylation sites is 1. The molecule has 0 aliphatic carbocycles. The van der Waals surface area contributed by atoms with Crippen LogP contribution in [0.4, 0.5) is 5.69 Å². The van der Waals surface area contributed by atoms with Crippen molar-refractivity contribution >= 4 is 17.6 Å². The molecule has 1 rings (SSSR count). The number of aliphatic carboxylic acids is 1. The van der Waals surface area contributed by atoms with Crippen molar-refractivity contribution in [3.05, 3.63) is 30.3 Å². The standard InChI is InChI=1S/C17H26N2O3/c1-3-5-12-15(17(21)22)16(20)19(18-13-6-4-2)14-10-8-7-9-11-14/h7-11,15,18H,3-6,12-13H2,1-2H3,(H,21,22)/t15-/m0/s1. The number of nitrogens with zero attached hydrogens (tertiary/aromatic N) is 1. The van der Waals surface area contributed by atoms with Gasteiger partial charge in [-0.3, -0.25) is 9.59 Å². The monoisotopic (exact) mass is 306 g/mol. The van der Waals surface area contributed by atoms with Crippen LogP contribution in [-0.4, -0.2) is 23.5 Å². The highest BCUT2D eigenvalue weighted by Crippen LogP contribution is 2.18. The van der Waals surface area contributed by atoms with E-state index in [0.717, 1.165) is 25.7 Å². The molecule has 0 fully saturated rings. The fourth-order valence-electron chi connectivity index (χ4n) is 2.16. The molecule has 0 spiro atoms. The average Bonchev–Trinajstić information content (AvgIpc) is 2.52. The van der Waals surface area contributed by atoms with Crippen LogP contribution in [0.2, 0.25) is 0 Å². The summed E-state index contributed by atoms with van der Waals surface area (Å²) >= 11 is 0. The zero-order valence-electron chi connectivity index (χ0n) is 13.4. The van der Waals surface area contributed by atoms with Crippen molar-refractivity contribution in [2.24, 2.45) is 5.92 Å². The van der Waals surface area contributed by atoms with Crippen LogP contribution >= 0.6 is 0 Å². The number of unbranched alkanes of at least 4 members (excludes halogenated alkanes) is 2. The maximum atomic E-state index is 12.7. The number of amides is 1. The third kappa shape index (κ3) is 5.48. The zero-order valence-corrected chi connectivity index (χ0v) is 13.4. The van der Waals surface area contributed by atoms with E-state index in [1.165, 1.54) is 5.01 Å². The van der Waals surface area contributed by atoms with Crippen LogP contribution in [0.15, 0.2) is 30.3 Å². The van der Waals surface area contributed by atoms with Gasteiger partial charge in [0, 0.05) is 6.54 Å². The lowest BCUT2D eigenvalue weighted by molar-refractivity contribution is -0.146. The Bertz CT molecular complexity index is 462. The number of carboxylic acids is 1. The highest BCUT2D eigenvalue weighted by molar-refractivity contribution is 6.05. The van der Waals surface area contributed by atoms with E-state index < -0.39 is 17.8 Å². The number of hydrogen-bond donors (Lipinski definition) is 2. The third-order valence-corrected chi connectivity index (χ3v) is 3.48. The molecule has 0 unspecified atom stereocenters. The lowest BCUT2D eigenvalue weighted by Crippen LogP contribution is -2.48. The first kappa shape index (κ1) is 18.2. The number of hydrazine groups is 1. The number of benzene rings is 1. The van der Waals surface area contributed by atoms with E-state index in [1.54, 1.807) is 12.1 Å². The minimum absolute atomic E-state index is 0.365. The van der Waals surface area contributed by atoms with Crippen LogP contribution in [-0.2, 0) is 9.59 Å². The average molecular weight is 306 g/mol. The molecule has 122 valence electrons. The first-order valence-corrected chi connectivity index (χ1v) is 7.97. The summed E-state index contributed by atoms with van der Waals surface area (Å²) in [7, 11) is 0. The highest BCUT2D eigenvalue weighted by atomic mass is 16.4. The van der Waals surface area contributed by atoms with Crippen molar-refractivity contribution in [3.8, 4) is 0 Å². The van der Waals surface area contributed by atoms with Gasteiger partial charge in [0.1, 0.15) is 5.92 Å². The summed E-state index contributed by atoms with van der Waals surface area (Å²) in [6.45, 7) is 4.69. The van der Waals surface area contributed by atoms with Crippen molar-refractivity contribution < 1.29 is 14.7 Å². The van der Waals surface area contributed by atoms with E-state index >= 15 is 0 Å². The van der Waals surface area contributed by atoms with Gasteiger partial charge < -0.3 is 5.11 Å². The summed E-state index contributed by atoms with van der Waals surface area (Å²) in [6.07, 6.45) is 3.88. The largest absolute Gasteiger partial charge is 0.481 e. The van der Waals surface area contributed by atoms with Crippen molar-refractivity contribution in [1.82, 2.24) is 5.43 Å². The minimum atomic E-state index is -1.06. The zero-order chi connectivity index (χ0) is 16.4. The summed E-state index contributed by atoms with van der Waals surface area (Å²) in [5, 5.41) is 10.8. The second-order valence-electron chi connectivity index (χ2n) is 5.30. The first-order valence-electron chi connectivity index (χ1n) is 7.97. The first-order chi connectivity index (χ1) is 10.6. The lowest BCUT2D eigenvalue weighted by Gasteiger charge is -2.26. The Morgan fingerprint density at radius 1 is 1.14 bits per heavy atom. The Kier molecular flexibility index (Phi) is 8.22. The number of carbonyl (C=O) groups excluding carboxylic acids is 1. The van der Waals surface area contributed by atoms with Gasteiger partial charge in [0.15, 0.2) is 0 Å². The molecule has 1 aromatic rings. The summed E-state index contributed by atoms with van der Waals surface area (Å²) in [5.74, 6) is -2.46. The van der Waals surface area contributed by atoms with Crippen LogP contribution in [0.1, 0.15) is 46.0 Å². The van der Waals surface area contributed by atoms with Gasteiger partial charge in [-0.05, 0) is 25.0 Å². The van der Waals surface area contributed by atoms with Crippen LogP contribution in [0.25, 0.3) is 0 Å². The molecule has 2 N–H and O–H groups in total. The minimum Gasteiger partial charge on any atom is -0.481 e. The number of carboxylic acid groups (broad SMARTS) is 1. The summed E-state index contributed by atoms with van der Waals surface area (Å²) in [6, 6.07) is 9.13. The van der Waals surface area contributed by atoms with E-state index in [1.807, 2.05) is 25.1 Å². The molecule has 1 amide bonds. The van der Waals surface area contributed by atoms with Crippen molar-refractivity contribution in [2.75, 3.05) is 11.6 Å². The molecule has 5 heteroatoms. The molecule has 0 aliphatic heterocycles. The maximum Gasteiger partial charge on any atom is 0.316 e. The molecule has 0 radical (unpaired) electrons. The third-order valence-electron chi connectivity index (χ3n) is 3.48. The number of anilines is 1. The fraction of sp³-hybridized carbons (Fsp3) is 0.529. The summed E-state index contributed by atoms with van der Waals surface area (Å²) in [4.78, 5) is 24.1. The molecule has 0 bridgehead atoms. The molecule has 5 nitrogen and oxygen atoms in total. The molecule has 0 aliphatic rings. The molecule has 0 saturated heterocycles. The van der Waals surface area contributed by atoms with Crippen LogP contribution < -0.4 is 10.4 Å². The Morgan fingerprint density at radius 3 is 2.32 bits per heavy atom. The number of carbonyl (C=O) groups is 2. The highest BCUT2D eigenvalue weighted by Gasteiger charge is 2.30. The molecule has 0 heterocycles. The molecule has 22 heavy (non-hydrogen) atoms. The second-order valence-corrected chi connectivity index (χ2v) is 5.30. The van der Waals surface area contributed by atoms with Gasteiger partial charge in [-0.25, -0.2) is 10.4 Å². The van der Waals surface area contributed by atoms with Crippen molar-refractivity contribution in [3.63, 3.8) is 0 Å². The van der Waals surface area contributed by atoms with E-state index in [-0.39, 0.29) is 0 Å². The van der Waals surface area contributed by atoms with Gasteiger partial charge in [-0.1, -0.05) is 51.3 Å². The van der Waals surface area contributed by atoms with Crippen molar-refractivity contribution in [2.45, 2.75) is 46.0 Å². The van der Waals surface area contributed by atoms with E-state index in [0.29, 0.717) is 18.7 Å². The quantitative estimate of drug-likeness (QED) is 0.395. The van der Waals surface area contributed by atoms with Gasteiger partial charge in [-0.2, -0.15) is 0 Å². The Morgan fingerprint density at radius 2 is 1.77 bits per heavy atom. The predicted octanol–water partition coefficient (Wildman–Crippen LogP) is 3.22. The van der Waals surface area contributed by atoms with Crippen LogP contribution in [0.3, 0.4) is 0 Å². The molecular weight excluding hydrogens is 280 g/mol. The molecule has 1 aromatic carbocycles. The predicted molar refractivity (Wildman–Crippen MR) is 87.5 cm³/mol. The number of rotatable bonds is 10. The topological polar surface area (TPSA) is 69.6 Å². The van der Waals surface area contributed by atoms with Gasteiger partial charge in [0.05, 0.1) is 5.69 Å². The fourth-order valence-corrected chi connectivity index (χ4v) is 2.16. The number of hydrogen-bond acceptors (Lipinski definition) is 3. The number of nitrogens with one attached hydrogen (secondary N) is 1. The van der Waals surface area contributed by atoms with Gasteiger partial charge in [0.2, 0.25) is 0 Å². The normalized spacial score (nSPS) is 11.9. The van der Waals surface area contributed by atoms with Crippen molar-refractivity contribution in [1.29, 1.82) is 0 Å². The molecule has 0 saturated carbocycles. The van der Waals surface area contributed by atoms with Gasteiger partial charge in [-0.15, -0.1) is 0 Å². The summed E-state index contributed by atoms with van der Waals surface area (Å²) < 4.78 is 0. The van der Waals surface area contributed by atoms with Gasteiger partial charge >= 0.3 is 5.97 Å². The lowest BCUT2D eigenvalue weighted by atomic mass is 10.0.